The first-order valence-electron chi connectivity index (χ1n) is 8.64. The number of nitrogens with zero attached hydrogens (tertiary/aromatic N) is 1. The van der Waals surface area contributed by atoms with Gasteiger partial charge in [-0.3, -0.25) is 9.59 Å². The zero-order valence-corrected chi connectivity index (χ0v) is 15.9. The summed E-state index contributed by atoms with van der Waals surface area (Å²) in [5.41, 5.74) is 1.52. The van der Waals surface area contributed by atoms with Crippen molar-refractivity contribution in [3.63, 3.8) is 0 Å². The minimum absolute atomic E-state index is 0.266. The van der Waals surface area contributed by atoms with E-state index in [0.29, 0.717) is 22.0 Å². The molecule has 3 aromatic rings. The summed E-state index contributed by atoms with van der Waals surface area (Å²) < 4.78 is 5.54. The zero-order chi connectivity index (χ0) is 20.6. The topological polar surface area (TPSA) is 91.2 Å². The highest BCUT2D eigenvalue weighted by atomic mass is 35.5. The second-order valence-electron chi connectivity index (χ2n) is 5.95. The Morgan fingerprint density at radius 1 is 0.966 bits per heavy atom. The van der Waals surface area contributed by atoms with Gasteiger partial charge in [-0.1, -0.05) is 41.9 Å². The van der Waals surface area contributed by atoms with Gasteiger partial charge >= 0.3 is 0 Å². The number of nitrogens with one attached hydrogen (secondary N) is 2. The van der Waals surface area contributed by atoms with Crippen LogP contribution in [0.4, 0.5) is 11.4 Å². The Labute approximate surface area is 172 Å². The number of rotatable bonds is 6. The molecule has 2 amide bonds. The summed E-state index contributed by atoms with van der Waals surface area (Å²) in [5.74, 6) is -0.571. The summed E-state index contributed by atoms with van der Waals surface area (Å²) in [6, 6.07) is 22.2. The number of ether oxygens (including phenoxy) is 1. The van der Waals surface area contributed by atoms with Gasteiger partial charge in [-0.25, -0.2) is 0 Å². The molecule has 0 atom stereocenters. The third-order valence-electron chi connectivity index (χ3n) is 3.90. The van der Waals surface area contributed by atoms with Crippen molar-refractivity contribution in [2.75, 3.05) is 17.2 Å². The molecule has 0 aliphatic carbocycles. The molecule has 0 radical (unpaired) electrons. The Bertz CT molecular complexity index is 1080. The maximum absolute atomic E-state index is 12.5. The number of halogens is 1. The van der Waals surface area contributed by atoms with Crippen LogP contribution in [-0.2, 0) is 4.79 Å². The second kappa shape index (κ2) is 9.40. The molecule has 7 heteroatoms. The van der Waals surface area contributed by atoms with Crippen molar-refractivity contribution in [3.05, 3.63) is 88.9 Å². The van der Waals surface area contributed by atoms with E-state index in [9.17, 15) is 9.59 Å². The monoisotopic (exact) mass is 405 g/mol. The summed E-state index contributed by atoms with van der Waals surface area (Å²) in [6.07, 6.45) is 0. The summed E-state index contributed by atoms with van der Waals surface area (Å²) in [7, 11) is 0. The maximum atomic E-state index is 12.5. The number of nitriles is 1. The average Bonchev–Trinajstić information content (AvgIpc) is 2.73. The molecule has 0 saturated heterocycles. The van der Waals surface area contributed by atoms with Gasteiger partial charge in [0.1, 0.15) is 11.8 Å². The fraction of sp³-hybridized carbons (Fsp3) is 0.0455. The molecule has 6 nitrogen and oxygen atoms in total. The van der Waals surface area contributed by atoms with Gasteiger partial charge in [0.25, 0.3) is 11.8 Å². The lowest BCUT2D eigenvalue weighted by Crippen LogP contribution is -2.22. The molecule has 0 bridgehead atoms. The molecule has 0 unspecified atom stereocenters. The van der Waals surface area contributed by atoms with E-state index in [1.807, 2.05) is 24.3 Å². The van der Waals surface area contributed by atoms with E-state index in [2.05, 4.69) is 10.6 Å². The number of anilines is 2. The van der Waals surface area contributed by atoms with Gasteiger partial charge in [0, 0.05) is 10.7 Å². The predicted molar refractivity (Wildman–Crippen MR) is 111 cm³/mol. The Kier molecular flexibility index (Phi) is 6.46. The van der Waals surface area contributed by atoms with E-state index in [0.717, 1.165) is 0 Å². The van der Waals surface area contributed by atoms with Crippen molar-refractivity contribution in [1.29, 1.82) is 5.26 Å². The van der Waals surface area contributed by atoms with Crippen LogP contribution < -0.4 is 15.4 Å². The van der Waals surface area contributed by atoms with Crippen LogP contribution in [0.25, 0.3) is 0 Å². The summed E-state index contributed by atoms with van der Waals surface area (Å²) >= 11 is 5.92. The van der Waals surface area contributed by atoms with Crippen LogP contribution in [0, 0.1) is 11.3 Å². The Morgan fingerprint density at radius 3 is 2.45 bits per heavy atom. The molecular weight excluding hydrogens is 390 g/mol. The molecule has 3 aromatic carbocycles. The number of hydrogen-bond donors (Lipinski definition) is 2. The van der Waals surface area contributed by atoms with Crippen LogP contribution in [0.3, 0.4) is 0 Å². The van der Waals surface area contributed by atoms with Gasteiger partial charge in [0.05, 0.1) is 16.8 Å². The highest BCUT2D eigenvalue weighted by molar-refractivity contribution is 6.31. The molecule has 0 heterocycles. The average molecular weight is 406 g/mol. The highest BCUT2D eigenvalue weighted by Crippen LogP contribution is 2.22. The molecule has 0 spiro atoms. The van der Waals surface area contributed by atoms with E-state index >= 15 is 0 Å². The molecule has 0 fully saturated rings. The molecule has 0 aromatic heterocycles. The fourth-order valence-corrected chi connectivity index (χ4v) is 2.72. The summed E-state index contributed by atoms with van der Waals surface area (Å²) in [6.45, 7) is -0.340. The SMILES string of the molecule is N#Cc1ccc(Cl)cc1NC(=O)COc1ccccc1C(=O)Nc1ccccc1. The van der Waals surface area contributed by atoms with Crippen LogP contribution in [0.15, 0.2) is 72.8 Å². The second-order valence-corrected chi connectivity index (χ2v) is 6.39. The minimum atomic E-state index is -0.484. The molecule has 0 aliphatic rings. The molecule has 2 N–H and O–H groups in total. The van der Waals surface area contributed by atoms with Crippen molar-refractivity contribution in [3.8, 4) is 11.8 Å². The van der Waals surface area contributed by atoms with Crippen LogP contribution >= 0.6 is 11.6 Å². The van der Waals surface area contributed by atoms with E-state index in [-0.39, 0.29) is 23.8 Å². The van der Waals surface area contributed by atoms with E-state index < -0.39 is 5.91 Å². The minimum Gasteiger partial charge on any atom is -0.483 e. The van der Waals surface area contributed by atoms with Crippen LogP contribution in [-0.4, -0.2) is 18.4 Å². The fourth-order valence-electron chi connectivity index (χ4n) is 2.55. The van der Waals surface area contributed by atoms with Crippen molar-refractivity contribution in [2.24, 2.45) is 0 Å². The van der Waals surface area contributed by atoms with Crippen LogP contribution in [0.2, 0.25) is 5.02 Å². The number of hydrogen-bond acceptors (Lipinski definition) is 4. The number of amides is 2. The van der Waals surface area contributed by atoms with Crippen LogP contribution in [0.5, 0.6) is 5.75 Å². The lowest BCUT2D eigenvalue weighted by atomic mass is 10.2. The van der Waals surface area contributed by atoms with E-state index in [1.54, 1.807) is 42.5 Å². The van der Waals surface area contributed by atoms with Crippen LogP contribution in [0.1, 0.15) is 15.9 Å². The van der Waals surface area contributed by atoms with Crippen molar-refractivity contribution < 1.29 is 14.3 Å². The zero-order valence-electron chi connectivity index (χ0n) is 15.2. The van der Waals surface area contributed by atoms with Gasteiger partial charge in [-0.15, -0.1) is 0 Å². The van der Waals surface area contributed by atoms with Gasteiger partial charge in [-0.2, -0.15) is 5.26 Å². The third kappa shape index (κ3) is 5.34. The highest BCUT2D eigenvalue weighted by Gasteiger charge is 2.14. The number of carbonyl (C=O) groups is 2. The van der Waals surface area contributed by atoms with E-state index in [4.69, 9.17) is 21.6 Å². The third-order valence-corrected chi connectivity index (χ3v) is 4.13. The number of carbonyl (C=O) groups excluding carboxylic acids is 2. The van der Waals surface area contributed by atoms with Gasteiger partial charge < -0.3 is 15.4 Å². The smallest absolute Gasteiger partial charge is 0.262 e. The Hall–Kier alpha value is -3.82. The van der Waals surface area contributed by atoms with E-state index in [1.165, 1.54) is 12.1 Å². The normalized spacial score (nSPS) is 9.93. The summed E-state index contributed by atoms with van der Waals surface area (Å²) in [5, 5.41) is 14.9. The molecule has 144 valence electrons. The van der Waals surface area contributed by atoms with Gasteiger partial charge in [0.15, 0.2) is 6.61 Å². The standard InChI is InChI=1S/C22H16ClN3O3/c23-16-11-10-15(13-24)19(12-16)26-21(27)14-29-20-9-5-4-8-18(20)22(28)25-17-6-2-1-3-7-17/h1-12H,14H2,(H,25,28)(H,26,27). The van der Waals surface area contributed by atoms with Gasteiger partial charge in [-0.05, 0) is 42.5 Å². The maximum Gasteiger partial charge on any atom is 0.262 e. The Balaban J connectivity index is 1.67. The first kappa shape index (κ1) is 19.9. The quantitative estimate of drug-likeness (QED) is 0.632. The molecule has 3 rings (SSSR count). The summed E-state index contributed by atoms with van der Waals surface area (Å²) in [4.78, 5) is 24.8. The molecular formula is C22H16ClN3O3. The van der Waals surface area contributed by atoms with Crippen molar-refractivity contribution >= 4 is 34.8 Å². The lowest BCUT2D eigenvalue weighted by molar-refractivity contribution is -0.118. The van der Waals surface area contributed by atoms with Crippen molar-refractivity contribution in [2.45, 2.75) is 0 Å². The van der Waals surface area contributed by atoms with Gasteiger partial charge in [0.2, 0.25) is 0 Å². The van der Waals surface area contributed by atoms with Crippen molar-refractivity contribution in [1.82, 2.24) is 0 Å². The molecule has 29 heavy (non-hydrogen) atoms. The Morgan fingerprint density at radius 2 is 1.69 bits per heavy atom. The lowest BCUT2D eigenvalue weighted by Gasteiger charge is -2.12. The largest absolute Gasteiger partial charge is 0.483 e. The first-order valence-corrected chi connectivity index (χ1v) is 9.02. The molecule has 0 saturated carbocycles. The number of para-hydroxylation sites is 2. The molecule has 0 aliphatic heterocycles. The first-order chi connectivity index (χ1) is 14.1. The predicted octanol–water partition coefficient (Wildman–Crippen LogP) is 4.48. The number of benzene rings is 3.